The van der Waals surface area contributed by atoms with Crippen molar-refractivity contribution in [1.82, 2.24) is 9.30 Å². The third kappa shape index (κ3) is 1.29. The van der Waals surface area contributed by atoms with Crippen molar-refractivity contribution in [3.63, 3.8) is 0 Å². The molecule has 0 aromatic carbocycles. The Balaban J connectivity index is 2.11. The van der Waals surface area contributed by atoms with Crippen molar-refractivity contribution in [2.45, 2.75) is 0 Å². The molecule has 4 rings (SSSR count). The Bertz CT molecular complexity index is 998. The van der Waals surface area contributed by atoms with Gasteiger partial charge in [-0.2, -0.15) is 5.26 Å². The number of imide groups is 1. The Morgan fingerprint density at radius 1 is 1.05 bits per heavy atom. The molecule has 4 heterocycles. The molecule has 2 amide bonds. The monoisotopic (exact) mass is 275 g/mol. The number of carbonyl (C=O) groups excluding carboxylic acids is 2. The van der Waals surface area contributed by atoms with Crippen LogP contribution in [0.3, 0.4) is 0 Å². The predicted molar refractivity (Wildman–Crippen MR) is 76.4 cm³/mol. The molecule has 100 valence electrons. The highest BCUT2D eigenvalue weighted by Gasteiger charge is 2.37. The fourth-order valence-electron chi connectivity index (χ4n) is 2.93. The molecule has 0 bridgehead atoms. The lowest BCUT2D eigenvalue weighted by molar-refractivity contribution is -0.135. The standard InChI is InChI=1S/C16H9N3O2/c1-18-15(20)12(8-17)14(16(18)21)11-7-10-6-5-9-3-2-4-13(11)19(9)10/h2-7H,1H3. The Morgan fingerprint density at radius 2 is 1.81 bits per heavy atom. The molecule has 5 nitrogen and oxygen atoms in total. The molecule has 0 saturated heterocycles. The van der Waals surface area contributed by atoms with Gasteiger partial charge in [0.05, 0.1) is 11.1 Å². The summed E-state index contributed by atoms with van der Waals surface area (Å²) in [5.41, 5.74) is 3.52. The zero-order chi connectivity index (χ0) is 14.7. The number of likely N-dealkylation sites (N-methyl/N-ethyl adjacent to an activating group) is 1. The summed E-state index contributed by atoms with van der Waals surface area (Å²) in [4.78, 5) is 25.3. The zero-order valence-electron chi connectivity index (χ0n) is 11.1. The van der Waals surface area contributed by atoms with Crippen molar-refractivity contribution < 1.29 is 9.59 Å². The van der Waals surface area contributed by atoms with Crippen molar-refractivity contribution in [2.24, 2.45) is 0 Å². The van der Waals surface area contributed by atoms with Crippen molar-refractivity contribution in [3.8, 4) is 6.07 Å². The highest BCUT2D eigenvalue weighted by Crippen LogP contribution is 2.34. The van der Waals surface area contributed by atoms with Gasteiger partial charge in [0.25, 0.3) is 11.8 Å². The first-order valence-corrected chi connectivity index (χ1v) is 6.43. The fraction of sp³-hybridized carbons (Fsp3) is 0.0625. The van der Waals surface area contributed by atoms with E-state index in [0.29, 0.717) is 5.56 Å². The largest absolute Gasteiger partial charge is 0.310 e. The van der Waals surface area contributed by atoms with E-state index in [4.69, 9.17) is 0 Å². The molecular formula is C16H9N3O2. The Labute approximate surface area is 119 Å². The first kappa shape index (κ1) is 11.7. The van der Waals surface area contributed by atoms with Gasteiger partial charge in [0.15, 0.2) is 0 Å². The molecule has 5 heteroatoms. The highest BCUT2D eigenvalue weighted by atomic mass is 16.2. The van der Waals surface area contributed by atoms with E-state index in [-0.39, 0.29) is 11.1 Å². The van der Waals surface area contributed by atoms with E-state index >= 15 is 0 Å². The van der Waals surface area contributed by atoms with Crippen molar-refractivity contribution in [2.75, 3.05) is 7.05 Å². The van der Waals surface area contributed by atoms with E-state index < -0.39 is 11.8 Å². The van der Waals surface area contributed by atoms with Crippen molar-refractivity contribution in [1.29, 1.82) is 5.26 Å². The molecule has 0 spiro atoms. The van der Waals surface area contributed by atoms with Gasteiger partial charge >= 0.3 is 0 Å². The van der Waals surface area contributed by atoms with Crippen LogP contribution in [0.4, 0.5) is 0 Å². The van der Waals surface area contributed by atoms with Crippen LogP contribution in [0.1, 0.15) is 5.56 Å². The number of amides is 2. The zero-order valence-corrected chi connectivity index (χ0v) is 11.1. The van der Waals surface area contributed by atoms with Crippen LogP contribution in [0.15, 0.2) is 42.0 Å². The summed E-state index contributed by atoms with van der Waals surface area (Å²) in [6, 6.07) is 13.4. The van der Waals surface area contributed by atoms with Crippen LogP contribution in [-0.2, 0) is 9.59 Å². The van der Waals surface area contributed by atoms with Gasteiger partial charge in [-0.3, -0.25) is 14.5 Å². The molecule has 3 aromatic heterocycles. The molecule has 0 aliphatic carbocycles. The van der Waals surface area contributed by atoms with Gasteiger partial charge in [0.2, 0.25) is 0 Å². The summed E-state index contributed by atoms with van der Waals surface area (Å²) in [5, 5.41) is 9.22. The average Bonchev–Trinajstić information content (AvgIpc) is 3.13. The van der Waals surface area contributed by atoms with E-state index in [0.717, 1.165) is 21.5 Å². The summed E-state index contributed by atoms with van der Waals surface area (Å²) in [6.07, 6.45) is 0. The van der Waals surface area contributed by atoms with Gasteiger partial charge in [-0.25, -0.2) is 0 Å². The van der Waals surface area contributed by atoms with Crippen LogP contribution < -0.4 is 0 Å². The van der Waals surface area contributed by atoms with Gasteiger partial charge in [0.1, 0.15) is 11.6 Å². The van der Waals surface area contributed by atoms with Crippen LogP contribution >= 0.6 is 0 Å². The second-order valence-corrected chi connectivity index (χ2v) is 5.02. The van der Waals surface area contributed by atoms with E-state index in [1.807, 2.05) is 46.9 Å². The quantitative estimate of drug-likeness (QED) is 0.636. The predicted octanol–water partition coefficient (Wildman–Crippen LogP) is 1.81. The normalized spacial score (nSPS) is 15.7. The minimum atomic E-state index is -0.540. The smallest absolute Gasteiger partial charge is 0.271 e. The third-order valence-corrected chi connectivity index (χ3v) is 3.94. The molecule has 21 heavy (non-hydrogen) atoms. The highest BCUT2D eigenvalue weighted by molar-refractivity contribution is 6.38. The number of rotatable bonds is 1. The van der Waals surface area contributed by atoms with Crippen LogP contribution in [0.2, 0.25) is 0 Å². The lowest BCUT2D eigenvalue weighted by Gasteiger charge is -2.06. The molecule has 0 fully saturated rings. The lowest BCUT2D eigenvalue weighted by atomic mass is 10.0. The van der Waals surface area contributed by atoms with E-state index in [2.05, 4.69) is 0 Å². The molecule has 0 radical (unpaired) electrons. The Hall–Kier alpha value is -3.13. The third-order valence-electron chi connectivity index (χ3n) is 3.94. The number of aromatic nitrogens is 1. The van der Waals surface area contributed by atoms with E-state index in [1.165, 1.54) is 7.05 Å². The summed E-state index contributed by atoms with van der Waals surface area (Å²) >= 11 is 0. The molecule has 0 saturated carbocycles. The summed E-state index contributed by atoms with van der Waals surface area (Å²) in [5.74, 6) is -0.965. The summed E-state index contributed by atoms with van der Waals surface area (Å²) in [6.45, 7) is 0. The minimum absolute atomic E-state index is 0.0866. The van der Waals surface area contributed by atoms with Crippen molar-refractivity contribution in [3.05, 3.63) is 47.5 Å². The Morgan fingerprint density at radius 3 is 2.57 bits per heavy atom. The molecule has 0 atom stereocenters. The van der Waals surface area contributed by atoms with Crippen LogP contribution in [-0.4, -0.2) is 28.2 Å². The molecule has 1 aliphatic heterocycles. The van der Waals surface area contributed by atoms with Crippen LogP contribution in [0.5, 0.6) is 0 Å². The lowest BCUT2D eigenvalue weighted by Crippen LogP contribution is -2.26. The fourth-order valence-corrected chi connectivity index (χ4v) is 2.93. The van der Waals surface area contributed by atoms with Gasteiger partial charge in [-0.05, 0) is 30.3 Å². The number of hydrogen-bond donors (Lipinski definition) is 0. The van der Waals surface area contributed by atoms with Crippen molar-refractivity contribution >= 4 is 33.9 Å². The van der Waals surface area contributed by atoms with Gasteiger partial charge in [0, 0.05) is 23.6 Å². The average molecular weight is 275 g/mol. The number of carbonyl (C=O) groups is 2. The summed E-state index contributed by atoms with van der Waals surface area (Å²) in [7, 11) is 1.39. The maximum atomic E-state index is 12.3. The molecule has 0 unspecified atom stereocenters. The first-order chi connectivity index (χ1) is 10.1. The maximum absolute atomic E-state index is 12.3. The summed E-state index contributed by atoms with van der Waals surface area (Å²) < 4.78 is 2.01. The van der Waals surface area contributed by atoms with E-state index in [1.54, 1.807) is 0 Å². The second kappa shape index (κ2) is 3.70. The van der Waals surface area contributed by atoms with Crippen LogP contribution in [0.25, 0.3) is 22.1 Å². The molecule has 0 N–H and O–H groups in total. The number of hydrogen-bond acceptors (Lipinski definition) is 3. The maximum Gasteiger partial charge on any atom is 0.271 e. The Kier molecular flexibility index (Phi) is 2.06. The second-order valence-electron chi connectivity index (χ2n) is 5.02. The molecular weight excluding hydrogens is 266 g/mol. The molecule has 1 aliphatic rings. The van der Waals surface area contributed by atoms with Gasteiger partial charge < -0.3 is 4.40 Å². The number of nitrogens with zero attached hydrogens (tertiary/aromatic N) is 3. The number of nitriles is 1. The van der Waals surface area contributed by atoms with E-state index in [9.17, 15) is 14.9 Å². The SMILES string of the molecule is CN1C(=O)C(C#N)=C(c2cc3ccc4cccc2n43)C1=O. The van der Waals surface area contributed by atoms with Gasteiger partial charge in [-0.15, -0.1) is 0 Å². The van der Waals surface area contributed by atoms with Gasteiger partial charge in [-0.1, -0.05) is 6.07 Å². The van der Waals surface area contributed by atoms with Crippen LogP contribution in [0, 0.1) is 11.3 Å². The minimum Gasteiger partial charge on any atom is -0.310 e. The topological polar surface area (TPSA) is 65.6 Å². The first-order valence-electron chi connectivity index (χ1n) is 6.43. The molecule has 3 aromatic rings. The number of pyridine rings is 1.